The number of rotatable bonds is 3. The number of pyridine rings is 1. The molecule has 0 saturated heterocycles. The molecule has 0 spiro atoms. The molecule has 7 heteroatoms. The maximum atomic E-state index is 13.1. The Balaban J connectivity index is 1.81. The number of thiophene rings is 1. The van der Waals surface area contributed by atoms with Crippen LogP contribution in [0.15, 0.2) is 29.3 Å². The Hall–Kier alpha value is -2.54. The van der Waals surface area contributed by atoms with Gasteiger partial charge in [-0.05, 0) is 43.9 Å². The number of nitrogens with zero attached hydrogens (tertiary/aromatic N) is 5. The molecule has 0 amide bonds. The van der Waals surface area contributed by atoms with Crippen LogP contribution in [0.4, 0.5) is 0 Å². The van der Waals surface area contributed by atoms with Crippen LogP contribution in [0.2, 0.25) is 0 Å². The van der Waals surface area contributed by atoms with E-state index < -0.39 is 0 Å². The number of aromatic nitrogens is 5. The van der Waals surface area contributed by atoms with Crippen LogP contribution in [0, 0.1) is 13.8 Å². The van der Waals surface area contributed by atoms with E-state index in [0.29, 0.717) is 12.5 Å². The van der Waals surface area contributed by atoms with Crippen molar-refractivity contribution in [2.75, 3.05) is 0 Å². The van der Waals surface area contributed by atoms with Crippen molar-refractivity contribution in [2.24, 2.45) is 0 Å². The van der Waals surface area contributed by atoms with Gasteiger partial charge in [0, 0.05) is 23.2 Å². The molecule has 4 aromatic rings. The molecule has 25 heavy (non-hydrogen) atoms. The van der Waals surface area contributed by atoms with E-state index in [1.54, 1.807) is 28.1 Å². The predicted molar refractivity (Wildman–Crippen MR) is 97.4 cm³/mol. The molecule has 4 heterocycles. The Bertz CT molecular complexity index is 1170. The fourth-order valence-electron chi connectivity index (χ4n) is 3.26. The molecular weight excluding hydrogens is 334 g/mol. The summed E-state index contributed by atoms with van der Waals surface area (Å²) in [6.07, 6.45) is 5.69. The van der Waals surface area contributed by atoms with E-state index in [1.165, 1.54) is 15.1 Å². The highest BCUT2D eigenvalue weighted by molar-refractivity contribution is 7.18. The van der Waals surface area contributed by atoms with Gasteiger partial charge in [0.2, 0.25) is 0 Å². The van der Waals surface area contributed by atoms with Crippen LogP contribution in [0.5, 0.6) is 0 Å². The lowest BCUT2D eigenvalue weighted by atomic mass is 10.2. The Morgan fingerprint density at radius 3 is 2.88 bits per heavy atom. The smallest absolute Gasteiger partial charge is 0.264 e. The molecule has 0 radical (unpaired) electrons. The van der Waals surface area contributed by atoms with Gasteiger partial charge in [-0.1, -0.05) is 6.07 Å². The highest BCUT2D eigenvalue weighted by atomic mass is 32.1. The zero-order valence-electron chi connectivity index (χ0n) is 14.1. The van der Waals surface area contributed by atoms with Gasteiger partial charge in [0.15, 0.2) is 5.65 Å². The van der Waals surface area contributed by atoms with Crippen LogP contribution in [-0.2, 0) is 6.54 Å². The molecule has 6 nitrogen and oxygen atoms in total. The van der Waals surface area contributed by atoms with Gasteiger partial charge in [-0.25, -0.2) is 18.9 Å². The predicted octanol–water partition coefficient (Wildman–Crippen LogP) is 3.04. The molecule has 0 unspecified atom stereocenters. The fourth-order valence-corrected chi connectivity index (χ4v) is 4.30. The second-order valence-corrected chi connectivity index (χ2v) is 7.87. The minimum Gasteiger partial charge on any atom is -0.264 e. The van der Waals surface area contributed by atoms with Crippen molar-refractivity contribution >= 4 is 27.2 Å². The average molecular weight is 351 g/mol. The van der Waals surface area contributed by atoms with Gasteiger partial charge < -0.3 is 0 Å². The molecule has 1 aliphatic carbocycles. The Morgan fingerprint density at radius 1 is 1.32 bits per heavy atom. The van der Waals surface area contributed by atoms with E-state index in [0.717, 1.165) is 40.1 Å². The fraction of sp³-hybridized carbons (Fsp3) is 0.333. The normalized spacial score (nSPS) is 14.6. The molecule has 4 aromatic heterocycles. The van der Waals surface area contributed by atoms with Gasteiger partial charge in [-0.2, -0.15) is 0 Å². The first kappa shape index (κ1) is 14.8. The van der Waals surface area contributed by atoms with E-state index in [-0.39, 0.29) is 5.69 Å². The molecule has 1 fully saturated rings. The molecule has 1 saturated carbocycles. The summed E-state index contributed by atoms with van der Waals surface area (Å²) in [5.74, 6) is 1.24. The van der Waals surface area contributed by atoms with Gasteiger partial charge in [-0.15, -0.1) is 16.4 Å². The van der Waals surface area contributed by atoms with Gasteiger partial charge in [0.25, 0.3) is 0 Å². The molecule has 5 rings (SSSR count). The SMILES string of the molecule is Cc1sc2nc(C3CC3)n3c(=O)n(Cc4cccnc4)nc3c2c1C. The zero-order valence-corrected chi connectivity index (χ0v) is 14.9. The second-order valence-electron chi connectivity index (χ2n) is 6.67. The van der Waals surface area contributed by atoms with Crippen molar-refractivity contribution in [2.45, 2.75) is 39.2 Å². The molecule has 0 N–H and O–H groups in total. The summed E-state index contributed by atoms with van der Waals surface area (Å²) >= 11 is 1.69. The summed E-state index contributed by atoms with van der Waals surface area (Å²) in [6, 6.07) is 3.83. The van der Waals surface area contributed by atoms with Crippen molar-refractivity contribution in [1.29, 1.82) is 0 Å². The third kappa shape index (κ3) is 2.22. The van der Waals surface area contributed by atoms with Crippen LogP contribution in [0.25, 0.3) is 15.9 Å². The van der Waals surface area contributed by atoms with Crippen molar-refractivity contribution in [3.8, 4) is 0 Å². The second kappa shape index (κ2) is 5.23. The lowest BCUT2D eigenvalue weighted by molar-refractivity contribution is 0.652. The van der Waals surface area contributed by atoms with Crippen LogP contribution in [-0.4, -0.2) is 24.1 Å². The molecule has 0 bridgehead atoms. The maximum Gasteiger partial charge on any atom is 0.352 e. The van der Waals surface area contributed by atoms with Gasteiger partial charge in [-0.3, -0.25) is 4.98 Å². The van der Waals surface area contributed by atoms with Crippen LogP contribution < -0.4 is 5.69 Å². The molecule has 0 aliphatic heterocycles. The topological polar surface area (TPSA) is 65.1 Å². The number of hydrogen-bond donors (Lipinski definition) is 0. The van der Waals surface area contributed by atoms with Gasteiger partial charge in [0.05, 0.1) is 11.9 Å². The molecule has 0 aromatic carbocycles. The van der Waals surface area contributed by atoms with Gasteiger partial charge in [0.1, 0.15) is 10.7 Å². The van der Waals surface area contributed by atoms with E-state index in [4.69, 9.17) is 4.98 Å². The summed E-state index contributed by atoms with van der Waals surface area (Å²) in [4.78, 5) is 24.2. The zero-order chi connectivity index (χ0) is 17.1. The largest absolute Gasteiger partial charge is 0.352 e. The number of hydrogen-bond acceptors (Lipinski definition) is 5. The Kier molecular flexibility index (Phi) is 3.09. The molecular formula is C18H17N5OS. The molecule has 126 valence electrons. The standard InChI is InChI=1S/C18H17N5OS/c1-10-11(2)25-17-14(10)16-21-22(9-12-4-3-7-19-8-12)18(24)23(16)15(20-17)13-5-6-13/h3-4,7-8,13H,5-6,9H2,1-2H3. The van der Waals surface area contributed by atoms with Crippen LogP contribution >= 0.6 is 11.3 Å². The third-order valence-corrected chi connectivity index (χ3v) is 5.97. The van der Waals surface area contributed by atoms with Gasteiger partial charge >= 0.3 is 5.69 Å². The monoisotopic (exact) mass is 351 g/mol. The van der Waals surface area contributed by atoms with Crippen molar-refractivity contribution in [3.63, 3.8) is 0 Å². The van der Waals surface area contributed by atoms with E-state index in [9.17, 15) is 4.79 Å². The summed E-state index contributed by atoms with van der Waals surface area (Å²) in [7, 11) is 0. The van der Waals surface area contributed by atoms with E-state index >= 15 is 0 Å². The minimum absolute atomic E-state index is 0.113. The third-order valence-electron chi connectivity index (χ3n) is 4.87. The van der Waals surface area contributed by atoms with Crippen molar-refractivity contribution < 1.29 is 0 Å². The highest BCUT2D eigenvalue weighted by Crippen LogP contribution is 2.41. The summed E-state index contributed by atoms with van der Waals surface area (Å²) in [5.41, 5.74) is 2.75. The maximum absolute atomic E-state index is 13.1. The van der Waals surface area contributed by atoms with Crippen LogP contribution in [0.1, 0.15) is 40.6 Å². The first-order valence-corrected chi connectivity index (χ1v) is 9.23. The van der Waals surface area contributed by atoms with Crippen molar-refractivity contribution in [3.05, 3.63) is 56.8 Å². The number of fused-ring (bicyclic) bond motifs is 3. The summed E-state index contributed by atoms with van der Waals surface area (Å²) in [6.45, 7) is 4.60. The number of aryl methyl sites for hydroxylation is 2. The first-order chi connectivity index (χ1) is 12.1. The molecule has 0 atom stereocenters. The lowest BCUT2D eigenvalue weighted by Gasteiger charge is -2.02. The minimum atomic E-state index is -0.113. The summed E-state index contributed by atoms with van der Waals surface area (Å²) < 4.78 is 3.27. The first-order valence-electron chi connectivity index (χ1n) is 8.41. The Morgan fingerprint density at radius 2 is 2.16 bits per heavy atom. The van der Waals surface area contributed by atoms with Crippen molar-refractivity contribution in [1.82, 2.24) is 24.1 Å². The lowest BCUT2D eigenvalue weighted by Crippen LogP contribution is -2.23. The summed E-state index contributed by atoms with van der Waals surface area (Å²) in [5, 5.41) is 5.69. The quantitative estimate of drug-likeness (QED) is 0.569. The average Bonchev–Trinajstić information content (AvgIpc) is 3.35. The van der Waals surface area contributed by atoms with E-state index in [2.05, 4.69) is 23.9 Å². The highest BCUT2D eigenvalue weighted by Gasteiger charge is 2.31. The Labute approximate surface area is 147 Å². The molecule has 1 aliphatic rings. The van der Waals surface area contributed by atoms with Crippen LogP contribution in [0.3, 0.4) is 0 Å². The van der Waals surface area contributed by atoms with E-state index in [1.807, 2.05) is 12.1 Å².